The van der Waals surface area contributed by atoms with Crippen molar-refractivity contribution in [1.82, 2.24) is 5.32 Å². The minimum absolute atomic E-state index is 0.00672. The Morgan fingerprint density at radius 3 is 2.69 bits per heavy atom. The normalized spacial score (nSPS) is 17.1. The maximum atomic E-state index is 13.5. The van der Waals surface area contributed by atoms with Crippen LogP contribution in [0, 0.1) is 11.6 Å². The van der Waals surface area contributed by atoms with E-state index in [9.17, 15) is 13.6 Å². The maximum absolute atomic E-state index is 13.5. The first-order chi connectivity index (χ1) is 14.0. The van der Waals surface area contributed by atoms with Gasteiger partial charge in [-0.1, -0.05) is 11.6 Å². The highest BCUT2D eigenvalue weighted by atomic mass is 35.5. The lowest BCUT2D eigenvalue weighted by atomic mass is 10.1. The average molecular weight is 419 g/mol. The fourth-order valence-electron chi connectivity index (χ4n) is 3.18. The zero-order chi connectivity index (χ0) is 20.4. The number of carbonyl (C=O) groups excluding carboxylic acids is 1. The lowest BCUT2D eigenvalue weighted by molar-refractivity contribution is 0.0854. The smallest absolute Gasteiger partial charge is 0.256 e. The van der Waals surface area contributed by atoms with Crippen molar-refractivity contribution in [2.45, 2.75) is 18.9 Å². The topological polar surface area (TPSA) is 63.8 Å². The van der Waals surface area contributed by atoms with Gasteiger partial charge < -0.3 is 14.5 Å². The van der Waals surface area contributed by atoms with Crippen LogP contribution in [0.2, 0.25) is 5.02 Å². The van der Waals surface area contributed by atoms with E-state index < -0.39 is 17.5 Å². The maximum Gasteiger partial charge on any atom is 0.256 e. The quantitative estimate of drug-likeness (QED) is 0.678. The highest BCUT2D eigenvalue weighted by molar-refractivity contribution is 6.31. The molecule has 1 atom stereocenters. The second kappa shape index (κ2) is 8.31. The first kappa shape index (κ1) is 19.5. The standard InChI is InChI=1S/C21H17ClF2N2O3/c22-13-3-4-19-12(6-13)7-18(20(27)25-11-17-2-1-5-28-17)21(29-19)26-16-9-14(23)8-15(24)10-16/h3-4,6-10,17H,1-2,5,11H2,(H,25,27)/t17-/m1/s1. The number of fused-ring (bicyclic) bond motifs is 1. The molecule has 29 heavy (non-hydrogen) atoms. The molecule has 0 bridgehead atoms. The predicted molar refractivity (Wildman–Crippen MR) is 104 cm³/mol. The van der Waals surface area contributed by atoms with Gasteiger partial charge in [-0.3, -0.25) is 4.79 Å². The van der Waals surface area contributed by atoms with Crippen LogP contribution in [0.25, 0.3) is 11.0 Å². The van der Waals surface area contributed by atoms with Gasteiger partial charge >= 0.3 is 0 Å². The Morgan fingerprint density at radius 1 is 1.17 bits per heavy atom. The van der Waals surface area contributed by atoms with Crippen molar-refractivity contribution >= 4 is 34.2 Å². The number of carbonyl (C=O) groups is 1. The summed E-state index contributed by atoms with van der Waals surface area (Å²) in [5.41, 5.74) is 0.491. The lowest BCUT2D eigenvalue weighted by Gasteiger charge is -2.11. The van der Waals surface area contributed by atoms with Crippen molar-refractivity contribution in [3.8, 4) is 0 Å². The zero-order valence-corrected chi connectivity index (χ0v) is 16.0. The van der Waals surface area contributed by atoms with E-state index in [0.29, 0.717) is 29.1 Å². The third-order valence-electron chi connectivity index (χ3n) is 4.55. The number of nitrogens with one attached hydrogen (secondary N) is 1. The predicted octanol–water partition coefficient (Wildman–Crippen LogP) is 4.51. The minimum atomic E-state index is -0.777. The Hall–Kier alpha value is -2.77. The van der Waals surface area contributed by atoms with E-state index in [4.69, 9.17) is 20.8 Å². The van der Waals surface area contributed by atoms with Gasteiger partial charge in [0.1, 0.15) is 22.8 Å². The second-order valence-corrected chi connectivity index (χ2v) is 7.17. The molecule has 1 saturated heterocycles. The van der Waals surface area contributed by atoms with E-state index in [0.717, 1.165) is 31.0 Å². The Labute approximate surface area is 170 Å². The summed E-state index contributed by atoms with van der Waals surface area (Å²) in [6, 6.07) is 9.37. The fraction of sp³-hybridized carbons (Fsp3) is 0.238. The molecule has 2 heterocycles. The van der Waals surface area contributed by atoms with E-state index >= 15 is 0 Å². The third kappa shape index (κ3) is 4.63. The highest BCUT2D eigenvalue weighted by Gasteiger charge is 2.18. The summed E-state index contributed by atoms with van der Waals surface area (Å²) in [4.78, 5) is 17.0. The van der Waals surface area contributed by atoms with E-state index in [-0.39, 0.29) is 22.9 Å². The molecule has 2 aromatic carbocycles. The van der Waals surface area contributed by atoms with Crippen molar-refractivity contribution in [2.24, 2.45) is 4.99 Å². The summed E-state index contributed by atoms with van der Waals surface area (Å²) in [5.74, 6) is -1.98. The van der Waals surface area contributed by atoms with Gasteiger partial charge in [0.15, 0.2) is 0 Å². The van der Waals surface area contributed by atoms with Crippen LogP contribution in [-0.4, -0.2) is 25.2 Å². The molecule has 0 saturated carbocycles. The van der Waals surface area contributed by atoms with Crippen LogP contribution in [0.5, 0.6) is 0 Å². The van der Waals surface area contributed by atoms with E-state index in [1.54, 1.807) is 24.3 Å². The van der Waals surface area contributed by atoms with Crippen LogP contribution in [0.1, 0.15) is 23.2 Å². The van der Waals surface area contributed by atoms with Crippen molar-refractivity contribution < 1.29 is 22.7 Å². The van der Waals surface area contributed by atoms with Gasteiger partial charge in [-0.15, -0.1) is 0 Å². The molecule has 1 aromatic heterocycles. The van der Waals surface area contributed by atoms with Gasteiger partial charge in [-0.25, -0.2) is 13.8 Å². The van der Waals surface area contributed by atoms with Crippen LogP contribution in [0.4, 0.5) is 14.5 Å². The summed E-state index contributed by atoms with van der Waals surface area (Å²) in [6.07, 6.45) is 1.79. The Morgan fingerprint density at radius 2 is 1.97 bits per heavy atom. The van der Waals surface area contributed by atoms with Crippen molar-refractivity contribution in [3.63, 3.8) is 0 Å². The Kier molecular flexibility index (Phi) is 5.60. The lowest BCUT2D eigenvalue weighted by Crippen LogP contribution is -2.34. The molecule has 5 nitrogen and oxygen atoms in total. The molecule has 1 aliphatic rings. The monoisotopic (exact) mass is 418 g/mol. The van der Waals surface area contributed by atoms with Crippen LogP contribution < -0.4 is 10.9 Å². The van der Waals surface area contributed by atoms with Gasteiger partial charge in [-0.2, -0.15) is 0 Å². The second-order valence-electron chi connectivity index (χ2n) is 6.73. The number of halogens is 3. The number of benzene rings is 2. The molecule has 150 valence electrons. The van der Waals surface area contributed by atoms with Crippen molar-refractivity contribution in [1.29, 1.82) is 0 Å². The first-order valence-electron chi connectivity index (χ1n) is 9.12. The molecule has 8 heteroatoms. The van der Waals surface area contributed by atoms with Gasteiger partial charge in [0.2, 0.25) is 5.55 Å². The largest absolute Gasteiger partial charge is 0.438 e. The number of rotatable bonds is 4. The molecule has 0 radical (unpaired) electrons. The fourth-order valence-corrected chi connectivity index (χ4v) is 3.36. The molecule has 1 amide bonds. The Balaban J connectivity index is 1.77. The van der Waals surface area contributed by atoms with Crippen molar-refractivity contribution in [2.75, 3.05) is 13.2 Å². The minimum Gasteiger partial charge on any atom is -0.438 e. The van der Waals surface area contributed by atoms with E-state index in [1.165, 1.54) is 0 Å². The first-order valence-corrected chi connectivity index (χ1v) is 9.50. The summed E-state index contributed by atoms with van der Waals surface area (Å²) in [5, 5.41) is 3.89. The van der Waals surface area contributed by atoms with E-state index in [1.807, 2.05) is 0 Å². The highest BCUT2D eigenvalue weighted by Crippen LogP contribution is 2.21. The summed E-state index contributed by atoms with van der Waals surface area (Å²) in [7, 11) is 0. The van der Waals surface area contributed by atoms with Crippen LogP contribution in [0.15, 0.2) is 51.9 Å². The van der Waals surface area contributed by atoms with E-state index in [2.05, 4.69) is 10.3 Å². The number of nitrogens with zero attached hydrogens (tertiary/aromatic N) is 1. The molecule has 0 aliphatic carbocycles. The van der Waals surface area contributed by atoms with Gasteiger partial charge in [0.05, 0.1) is 11.8 Å². The number of hydrogen-bond donors (Lipinski definition) is 1. The molecular formula is C21H17ClF2N2O3. The zero-order valence-electron chi connectivity index (χ0n) is 15.3. The molecule has 4 rings (SSSR count). The molecule has 0 unspecified atom stereocenters. The average Bonchev–Trinajstić information content (AvgIpc) is 3.18. The molecule has 1 fully saturated rings. The Bertz CT molecular complexity index is 1120. The SMILES string of the molecule is O=C(NC[C@H]1CCCO1)c1cc2cc(Cl)ccc2oc1=Nc1cc(F)cc(F)c1. The van der Waals surface area contributed by atoms with Gasteiger partial charge in [-0.05, 0) is 49.2 Å². The van der Waals surface area contributed by atoms with Gasteiger partial charge in [0, 0.05) is 29.6 Å². The number of hydrogen-bond acceptors (Lipinski definition) is 4. The van der Waals surface area contributed by atoms with Crippen LogP contribution in [0.3, 0.4) is 0 Å². The summed E-state index contributed by atoms with van der Waals surface area (Å²) >= 11 is 6.04. The number of ether oxygens (including phenoxy) is 1. The molecule has 0 spiro atoms. The third-order valence-corrected chi connectivity index (χ3v) is 4.78. The summed E-state index contributed by atoms with van der Waals surface area (Å²) < 4.78 is 38.4. The van der Waals surface area contributed by atoms with Crippen LogP contribution in [-0.2, 0) is 4.74 Å². The van der Waals surface area contributed by atoms with Crippen LogP contribution >= 0.6 is 11.6 Å². The molecular weight excluding hydrogens is 402 g/mol. The van der Waals surface area contributed by atoms with Gasteiger partial charge in [0.25, 0.3) is 5.91 Å². The molecule has 3 aromatic rings. The summed E-state index contributed by atoms with van der Waals surface area (Å²) in [6.45, 7) is 1.02. The number of amides is 1. The van der Waals surface area contributed by atoms with Crippen molar-refractivity contribution in [3.05, 3.63) is 70.2 Å². The molecule has 1 N–H and O–H groups in total. The molecule has 1 aliphatic heterocycles.